The number of benzene rings is 2. The number of carbonyl (C=O) groups excluding carboxylic acids is 2. The van der Waals surface area contributed by atoms with Gasteiger partial charge in [0.25, 0.3) is 0 Å². The van der Waals surface area contributed by atoms with Crippen molar-refractivity contribution in [1.29, 1.82) is 0 Å². The normalized spacial score (nSPS) is 11.7. The van der Waals surface area contributed by atoms with Crippen molar-refractivity contribution in [2.45, 2.75) is 25.3 Å². The molecule has 0 aliphatic heterocycles. The molecule has 0 saturated heterocycles. The van der Waals surface area contributed by atoms with Gasteiger partial charge in [-0.05, 0) is 24.0 Å². The highest BCUT2D eigenvalue weighted by atomic mass is 16.6. The number of hydrogen-bond acceptors (Lipinski definition) is 4. The number of hydrogen-bond donors (Lipinski definition) is 1. The van der Waals surface area contributed by atoms with Crippen molar-refractivity contribution < 1.29 is 14.3 Å². The number of aryl methyl sites for hydroxylation is 1. The fourth-order valence-corrected chi connectivity index (χ4v) is 2.08. The molecule has 0 aliphatic carbocycles. The number of carbonyl (C=O) groups is 2. The third kappa shape index (κ3) is 5.14. The molecule has 4 heteroatoms. The van der Waals surface area contributed by atoms with Crippen LogP contribution in [0.2, 0.25) is 0 Å². The maximum atomic E-state index is 11.8. The quantitative estimate of drug-likeness (QED) is 0.656. The molecule has 2 N–H and O–H groups in total. The van der Waals surface area contributed by atoms with Gasteiger partial charge in [0, 0.05) is 0 Å². The lowest BCUT2D eigenvalue weighted by atomic mass is 10.1. The predicted octanol–water partition coefficient (Wildman–Crippen LogP) is 2.26. The predicted molar refractivity (Wildman–Crippen MR) is 84.0 cm³/mol. The molecule has 2 aromatic carbocycles. The Hall–Kier alpha value is -2.46. The fourth-order valence-electron chi connectivity index (χ4n) is 2.08. The number of ether oxygens (including phenoxy) is 1. The summed E-state index contributed by atoms with van der Waals surface area (Å²) in [5.74, 6) is -1.22. The molecule has 0 spiro atoms. The molecule has 1 atom stereocenters. The molecule has 0 bridgehead atoms. The van der Waals surface area contributed by atoms with Crippen LogP contribution >= 0.6 is 0 Å². The van der Waals surface area contributed by atoms with Crippen LogP contribution in [-0.4, -0.2) is 18.0 Å². The van der Waals surface area contributed by atoms with E-state index in [2.05, 4.69) is 0 Å². The van der Waals surface area contributed by atoms with Crippen LogP contribution in [0.5, 0.6) is 0 Å². The lowest BCUT2D eigenvalue weighted by molar-refractivity contribution is -0.160. The molecule has 114 valence electrons. The Labute approximate surface area is 129 Å². The van der Waals surface area contributed by atoms with Gasteiger partial charge in [-0.3, -0.25) is 4.79 Å². The summed E-state index contributed by atoms with van der Waals surface area (Å²) in [4.78, 5) is 23.5. The Morgan fingerprint density at radius 2 is 1.45 bits per heavy atom. The Kier molecular flexibility index (Phi) is 5.86. The molecule has 4 nitrogen and oxygen atoms in total. The van der Waals surface area contributed by atoms with Gasteiger partial charge in [0.15, 0.2) is 0 Å². The minimum absolute atomic E-state index is 0.161. The molecule has 0 saturated carbocycles. The second-order valence-electron chi connectivity index (χ2n) is 5.07. The van der Waals surface area contributed by atoms with Crippen LogP contribution in [0, 0.1) is 0 Å². The van der Waals surface area contributed by atoms with Crippen molar-refractivity contribution in [1.82, 2.24) is 0 Å². The van der Waals surface area contributed by atoms with E-state index >= 15 is 0 Å². The highest BCUT2D eigenvalue weighted by Gasteiger charge is 2.19. The van der Waals surface area contributed by atoms with Crippen LogP contribution in [0.1, 0.15) is 17.5 Å². The molecule has 0 heterocycles. The Morgan fingerprint density at radius 1 is 0.909 bits per heavy atom. The zero-order valence-corrected chi connectivity index (χ0v) is 12.3. The summed E-state index contributed by atoms with van der Waals surface area (Å²) in [6.07, 6.45) is 1.06. The van der Waals surface area contributed by atoms with Gasteiger partial charge < -0.3 is 10.5 Å². The second kappa shape index (κ2) is 8.10. The van der Waals surface area contributed by atoms with Gasteiger partial charge in [-0.1, -0.05) is 60.7 Å². The summed E-state index contributed by atoms with van der Waals surface area (Å²) in [6, 6.07) is 18.1. The minimum atomic E-state index is -0.830. The molecule has 22 heavy (non-hydrogen) atoms. The molecular formula is C18H19NO3. The van der Waals surface area contributed by atoms with Crippen molar-refractivity contribution >= 4 is 11.9 Å². The molecule has 2 aromatic rings. The van der Waals surface area contributed by atoms with E-state index in [0.29, 0.717) is 12.8 Å². The van der Waals surface area contributed by atoms with Crippen molar-refractivity contribution in [2.75, 3.05) is 0 Å². The average molecular weight is 297 g/mol. The third-order valence-electron chi connectivity index (χ3n) is 3.28. The summed E-state index contributed by atoms with van der Waals surface area (Å²) >= 11 is 0. The first-order chi connectivity index (χ1) is 10.6. The first kappa shape index (κ1) is 15.9. The standard InChI is InChI=1S/C18H19NO3/c19-16(13-15-9-5-2-6-10-15)18(21)22-17(20)12-11-14-7-3-1-4-8-14/h1-10,16H,11-13,19H2/t16-/m0/s1. The first-order valence-corrected chi connectivity index (χ1v) is 7.23. The topological polar surface area (TPSA) is 69.4 Å². The Morgan fingerprint density at radius 3 is 2.05 bits per heavy atom. The Balaban J connectivity index is 1.77. The summed E-state index contributed by atoms with van der Waals surface area (Å²) in [5.41, 5.74) is 7.74. The van der Waals surface area contributed by atoms with Crippen LogP contribution < -0.4 is 5.73 Å². The highest BCUT2D eigenvalue weighted by Crippen LogP contribution is 2.06. The van der Waals surface area contributed by atoms with E-state index in [-0.39, 0.29) is 6.42 Å². The lowest BCUT2D eigenvalue weighted by Crippen LogP contribution is -2.35. The average Bonchev–Trinajstić information content (AvgIpc) is 2.55. The van der Waals surface area contributed by atoms with E-state index in [1.807, 2.05) is 60.7 Å². The van der Waals surface area contributed by atoms with Gasteiger partial charge in [-0.2, -0.15) is 0 Å². The smallest absolute Gasteiger partial charge is 0.330 e. The van der Waals surface area contributed by atoms with Crippen LogP contribution in [0.25, 0.3) is 0 Å². The van der Waals surface area contributed by atoms with Crippen LogP contribution in [0.3, 0.4) is 0 Å². The van der Waals surface area contributed by atoms with E-state index < -0.39 is 18.0 Å². The van der Waals surface area contributed by atoms with Crippen LogP contribution in [0.4, 0.5) is 0 Å². The summed E-state index contributed by atoms with van der Waals surface area (Å²) in [5, 5.41) is 0. The fraction of sp³-hybridized carbons (Fsp3) is 0.222. The van der Waals surface area contributed by atoms with E-state index in [0.717, 1.165) is 11.1 Å². The maximum absolute atomic E-state index is 11.8. The van der Waals surface area contributed by atoms with E-state index in [1.165, 1.54) is 0 Å². The second-order valence-corrected chi connectivity index (χ2v) is 5.07. The van der Waals surface area contributed by atoms with Crippen molar-refractivity contribution in [3.8, 4) is 0 Å². The van der Waals surface area contributed by atoms with Gasteiger partial charge in [-0.15, -0.1) is 0 Å². The maximum Gasteiger partial charge on any atom is 0.330 e. The van der Waals surface area contributed by atoms with Crippen molar-refractivity contribution in [3.63, 3.8) is 0 Å². The number of rotatable bonds is 6. The summed E-state index contributed by atoms with van der Waals surface area (Å²) in [7, 11) is 0. The van der Waals surface area contributed by atoms with Gasteiger partial charge in [0.2, 0.25) is 0 Å². The minimum Gasteiger partial charge on any atom is -0.392 e. The van der Waals surface area contributed by atoms with Gasteiger partial charge in [0.05, 0.1) is 6.42 Å². The molecule has 0 unspecified atom stereocenters. The van der Waals surface area contributed by atoms with Crippen LogP contribution in [-0.2, 0) is 27.2 Å². The van der Waals surface area contributed by atoms with Crippen molar-refractivity contribution in [2.24, 2.45) is 5.73 Å². The zero-order valence-electron chi connectivity index (χ0n) is 12.3. The molecular weight excluding hydrogens is 278 g/mol. The third-order valence-corrected chi connectivity index (χ3v) is 3.28. The molecule has 0 aromatic heterocycles. The number of nitrogens with two attached hydrogens (primary N) is 1. The molecule has 0 aliphatic rings. The van der Waals surface area contributed by atoms with Crippen molar-refractivity contribution in [3.05, 3.63) is 71.8 Å². The molecule has 0 radical (unpaired) electrons. The van der Waals surface area contributed by atoms with Gasteiger partial charge in [-0.25, -0.2) is 4.79 Å². The molecule has 0 amide bonds. The largest absolute Gasteiger partial charge is 0.392 e. The lowest BCUT2D eigenvalue weighted by Gasteiger charge is -2.10. The number of esters is 2. The first-order valence-electron chi connectivity index (χ1n) is 7.23. The monoisotopic (exact) mass is 297 g/mol. The summed E-state index contributed by atoms with van der Waals surface area (Å²) < 4.78 is 4.80. The molecule has 0 fully saturated rings. The van der Waals surface area contributed by atoms with Gasteiger partial charge >= 0.3 is 11.9 Å². The highest BCUT2D eigenvalue weighted by molar-refractivity contribution is 5.88. The zero-order chi connectivity index (χ0) is 15.8. The SMILES string of the molecule is N[C@@H](Cc1ccccc1)C(=O)OC(=O)CCc1ccccc1. The van der Waals surface area contributed by atoms with Crippen LogP contribution in [0.15, 0.2) is 60.7 Å². The van der Waals surface area contributed by atoms with E-state index in [1.54, 1.807) is 0 Å². The summed E-state index contributed by atoms with van der Waals surface area (Å²) in [6.45, 7) is 0. The van der Waals surface area contributed by atoms with Gasteiger partial charge in [0.1, 0.15) is 6.04 Å². The van der Waals surface area contributed by atoms with E-state index in [9.17, 15) is 9.59 Å². The Bertz CT molecular complexity index is 611. The molecule has 2 rings (SSSR count). The van der Waals surface area contributed by atoms with E-state index in [4.69, 9.17) is 10.5 Å².